The molecule has 0 bridgehead atoms. The maximum absolute atomic E-state index is 5.52. The van der Waals surface area contributed by atoms with Crippen molar-refractivity contribution in [3.8, 4) is 0 Å². The summed E-state index contributed by atoms with van der Waals surface area (Å²) in [5.74, 6) is 0. The number of halogens is 2. The summed E-state index contributed by atoms with van der Waals surface area (Å²) in [7, 11) is 0. The minimum atomic E-state index is 0.372. The Balaban J connectivity index is 2.72. The van der Waals surface area contributed by atoms with Gasteiger partial charge in [0.1, 0.15) is 4.49 Å². The van der Waals surface area contributed by atoms with E-state index in [0.717, 1.165) is 6.42 Å². The molecule has 0 unspecified atom stereocenters. The molecule has 0 amide bonds. The van der Waals surface area contributed by atoms with Crippen LogP contribution in [0.1, 0.15) is 26.2 Å². The molecule has 0 spiro atoms. The molecule has 0 N–H and O–H groups in total. The molecule has 0 radical (unpaired) electrons. The Morgan fingerprint density at radius 2 is 2.10 bits per heavy atom. The lowest BCUT2D eigenvalue weighted by Gasteiger charge is -1.93. The van der Waals surface area contributed by atoms with Crippen LogP contribution in [0.5, 0.6) is 0 Å². The molecular formula is C8H10Cl2. The van der Waals surface area contributed by atoms with E-state index in [9.17, 15) is 0 Å². The van der Waals surface area contributed by atoms with E-state index in [1.807, 2.05) is 6.08 Å². The lowest BCUT2D eigenvalue weighted by Crippen LogP contribution is -1.72. The van der Waals surface area contributed by atoms with Crippen molar-refractivity contribution < 1.29 is 0 Å². The highest BCUT2D eigenvalue weighted by Gasteiger charge is 2.07. The van der Waals surface area contributed by atoms with Gasteiger partial charge in [-0.2, -0.15) is 0 Å². The quantitative estimate of drug-likeness (QED) is 0.571. The molecule has 1 rings (SSSR count). The molecule has 0 atom stereocenters. The zero-order chi connectivity index (χ0) is 7.56. The fourth-order valence-electron chi connectivity index (χ4n) is 1.25. The number of hydrogen-bond acceptors (Lipinski definition) is 0. The zero-order valence-corrected chi connectivity index (χ0v) is 7.47. The van der Waals surface area contributed by atoms with Crippen molar-refractivity contribution in [1.82, 2.24) is 0 Å². The van der Waals surface area contributed by atoms with E-state index in [-0.39, 0.29) is 0 Å². The third-order valence-electron chi connectivity index (χ3n) is 1.83. The Hall–Kier alpha value is 0.0600. The summed E-state index contributed by atoms with van der Waals surface area (Å²) in [6, 6.07) is 0. The third kappa shape index (κ3) is 2.03. The smallest absolute Gasteiger partial charge is 0.0709 e. The first-order valence-corrected chi connectivity index (χ1v) is 4.17. The number of hydrogen-bond donors (Lipinski definition) is 0. The molecule has 1 aliphatic rings. The highest BCUT2D eigenvalue weighted by molar-refractivity contribution is 6.56. The zero-order valence-electron chi connectivity index (χ0n) is 5.95. The van der Waals surface area contributed by atoms with Crippen LogP contribution in [0.25, 0.3) is 0 Å². The van der Waals surface area contributed by atoms with Crippen molar-refractivity contribution in [3.63, 3.8) is 0 Å². The molecule has 10 heavy (non-hydrogen) atoms. The lowest BCUT2D eigenvalue weighted by molar-refractivity contribution is 0.899. The summed E-state index contributed by atoms with van der Waals surface area (Å²) < 4.78 is 0.372. The van der Waals surface area contributed by atoms with Crippen molar-refractivity contribution in [2.24, 2.45) is 0 Å². The SMILES string of the molecule is CC1=C(C=C(Cl)Cl)CCC1. The molecule has 0 heterocycles. The molecule has 0 saturated carbocycles. The van der Waals surface area contributed by atoms with Crippen LogP contribution in [-0.4, -0.2) is 0 Å². The second kappa shape index (κ2) is 3.45. The minimum Gasteiger partial charge on any atom is -0.0709 e. The summed E-state index contributed by atoms with van der Waals surface area (Å²) in [6.07, 6.45) is 5.44. The van der Waals surface area contributed by atoms with Crippen LogP contribution in [-0.2, 0) is 0 Å². The molecule has 56 valence electrons. The fourth-order valence-corrected chi connectivity index (χ4v) is 1.51. The van der Waals surface area contributed by atoms with Gasteiger partial charge >= 0.3 is 0 Å². The van der Waals surface area contributed by atoms with Gasteiger partial charge in [0.05, 0.1) is 0 Å². The van der Waals surface area contributed by atoms with Gasteiger partial charge in [-0.05, 0) is 37.8 Å². The van der Waals surface area contributed by atoms with Crippen molar-refractivity contribution in [3.05, 3.63) is 21.7 Å². The van der Waals surface area contributed by atoms with Crippen LogP contribution < -0.4 is 0 Å². The predicted molar refractivity (Wildman–Crippen MR) is 46.3 cm³/mol. The second-order valence-electron chi connectivity index (χ2n) is 2.59. The fraction of sp³-hybridized carbons (Fsp3) is 0.500. The van der Waals surface area contributed by atoms with E-state index in [1.165, 1.54) is 24.0 Å². The maximum atomic E-state index is 5.52. The molecule has 0 nitrogen and oxygen atoms in total. The van der Waals surface area contributed by atoms with Crippen LogP contribution >= 0.6 is 23.2 Å². The van der Waals surface area contributed by atoms with Gasteiger partial charge in [0, 0.05) is 0 Å². The number of allylic oxidation sites excluding steroid dienone is 3. The second-order valence-corrected chi connectivity index (χ2v) is 3.60. The van der Waals surface area contributed by atoms with Gasteiger partial charge in [0.2, 0.25) is 0 Å². The monoisotopic (exact) mass is 176 g/mol. The highest BCUT2D eigenvalue weighted by atomic mass is 35.5. The van der Waals surface area contributed by atoms with E-state index in [4.69, 9.17) is 23.2 Å². The number of rotatable bonds is 1. The van der Waals surface area contributed by atoms with E-state index in [1.54, 1.807) is 0 Å². The molecule has 2 heteroatoms. The van der Waals surface area contributed by atoms with Gasteiger partial charge in [0.15, 0.2) is 0 Å². The molecule has 0 aliphatic heterocycles. The van der Waals surface area contributed by atoms with Gasteiger partial charge in [-0.25, -0.2) is 0 Å². The summed E-state index contributed by atoms with van der Waals surface area (Å²) >= 11 is 11.0. The Bertz CT molecular complexity index is 185. The van der Waals surface area contributed by atoms with Crippen LogP contribution in [0, 0.1) is 0 Å². The Labute approximate surface area is 71.5 Å². The lowest BCUT2D eigenvalue weighted by atomic mass is 10.2. The normalized spacial score (nSPS) is 17.9. The summed E-state index contributed by atoms with van der Waals surface area (Å²) in [4.78, 5) is 0. The van der Waals surface area contributed by atoms with E-state index in [0.29, 0.717) is 4.49 Å². The molecule has 0 saturated heterocycles. The maximum Gasteiger partial charge on any atom is 0.107 e. The molecule has 0 aromatic carbocycles. The topological polar surface area (TPSA) is 0 Å². The van der Waals surface area contributed by atoms with E-state index < -0.39 is 0 Å². The van der Waals surface area contributed by atoms with E-state index in [2.05, 4.69) is 6.92 Å². The first kappa shape index (κ1) is 8.16. The summed E-state index contributed by atoms with van der Waals surface area (Å²) in [5.41, 5.74) is 2.75. The van der Waals surface area contributed by atoms with Crippen LogP contribution in [0.2, 0.25) is 0 Å². The predicted octanol–water partition coefficient (Wildman–Crippen LogP) is 3.81. The summed E-state index contributed by atoms with van der Waals surface area (Å²) in [6.45, 7) is 2.13. The molecular weight excluding hydrogens is 167 g/mol. The molecule has 0 aromatic rings. The van der Waals surface area contributed by atoms with Gasteiger partial charge in [-0.15, -0.1) is 0 Å². The standard InChI is InChI=1S/C8H10Cl2/c1-6-3-2-4-7(6)5-8(9)10/h5H,2-4H2,1H3. The summed E-state index contributed by atoms with van der Waals surface area (Å²) in [5, 5.41) is 0. The average molecular weight is 177 g/mol. The highest BCUT2D eigenvalue weighted by Crippen LogP contribution is 2.28. The Kier molecular flexibility index (Phi) is 2.82. The first-order valence-electron chi connectivity index (χ1n) is 3.41. The van der Waals surface area contributed by atoms with Gasteiger partial charge in [0.25, 0.3) is 0 Å². The third-order valence-corrected chi connectivity index (χ3v) is 2.05. The van der Waals surface area contributed by atoms with Crippen molar-refractivity contribution in [2.45, 2.75) is 26.2 Å². The molecule has 1 aliphatic carbocycles. The average Bonchev–Trinajstić information content (AvgIpc) is 2.15. The van der Waals surface area contributed by atoms with Gasteiger partial charge in [-0.1, -0.05) is 28.8 Å². The van der Waals surface area contributed by atoms with Crippen molar-refractivity contribution in [1.29, 1.82) is 0 Å². The Morgan fingerprint density at radius 3 is 2.50 bits per heavy atom. The van der Waals surface area contributed by atoms with Crippen LogP contribution in [0.3, 0.4) is 0 Å². The largest absolute Gasteiger partial charge is 0.107 e. The molecule has 0 aromatic heterocycles. The Morgan fingerprint density at radius 1 is 1.40 bits per heavy atom. The van der Waals surface area contributed by atoms with Crippen molar-refractivity contribution in [2.75, 3.05) is 0 Å². The van der Waals surface area contributed by atoms with Crippen LogP contribution in [0.4, 0.5) is 0 Å². The first-order chi connectivity index (χ1) is 4.70. The minimum absolute atomic E-state index is 0.372. The van der Waals surface area contributed by atoms with E-state index >= 15 is 0 Å². The van der Waals surface area contributed by atoms with Crippen LogP contribution in [0.15, 0.2) is 21.7 Å². The molecule has 0 fully saturated rings. The van der Waals surface area contributed by atoms with Crippen molar-refractivity contribution >= 4 is 23.2 Å². The van der Waals surface area contributed by atoms with Gasteiger partial charge < -0.3 is 0 Å². The van der Waals surface area contributed by atoms with Gasteiger partial charge in [-0.3, -0.25) is 0 Å².